The van der Waals surface area contributed by atoms with Crippen LogP contribution in [-0.4, -0.2) is 38.3 Å². The molecular weight excluding hydrogens is 389 g/mol. The van der Waals surface area contributed by atoms with E-state index in [1.54, 1.807) is 31.3 Å². The van der Waals surface area contributed by atoms with Crippen molar-refractivity contribution in [1.82, 2.24) is 0 Å². The van der Waals surface area contributed by atoms with Crippen LogP contribution in [0.5, 0.6) is 5.75 Å². The molecule has 2 rings (SSSR count). The number of benzene rings is 2. The normalized spacial score (nSPS) is 11.8. The number of nitrogens with one attached hydrogen (secondary N) is 3. The molecule has 0 heterocycles. The summed E-state index contributed by atoms with van der Waals surface area (Å²) in [5, 5.41) is 14.2. The Morgan fingerprint density at radius 1 is 1.03 bits per heavy atom. The third-order valence-corrected chi connectivity index (χ3v) is 3.62. The predicted octanol–water partition coefficient (Wildman–Crippen LogP) is 1.55. The number of carbonyl (C=O) groups is 2. The Balaban J connectivity index is 1.82. The summed E-state index contributed by atoms with van der Waals surface area (Å²) < 4.78 is 40.2. The molecule has 2 aromatic rings. The van der Waals surface area contributed by atoms with Gasteiger partial charge in [0.25, 0.3) is 11.8 Å². The number of para-hydroxylation sites is 1. The fourth-order valence-electron chi connectivity index (χ4n) is 2.44. The van der Waals surface area contributed by atoms with Crippen molar-refractivity contribution in [3.05, 3.63) is 54.1 Å². The van der Waals surface area contributed by atoms with Crippen molar-refractivity contribution < 1.29 is 32.4 Å². The molecule has 0 saturated carbocycles. The summed E-state index contributed by atoms with van der Waals surface area (Å²) in [6.45, 7) is -0.0698. The summed E-state index contributed by atoms with van der Waals surface area (Å²) in [7, 11) is 1.63. The number of alkyl halides is 3. The Hall–Kier alpha value is -3.58. The second-order valence-electron chi connectivity index (χ2n) is 6.14. The molecular formula is C19H18F3N4O3+. The molecule has 0 aliphatic carbocycles. The van der Waals surface area contributed by atoms with E-state index in [0.717, 1.165) is 12.1 Å². The van der Waals surface area contributed by atoms with Crippen LogP contribution < -0.4 is 20.3 Å². The molecule has 2 aromatic carbocycles. The Labute approximate surface area is 164 Å². The van der Waals surface area contributed by atoms with Crippen molar-refractivity contribution in [3.8, 4) is 11.8 Å². The molecule has 0 fully saturated rings. The van der Waals surface area contributed by atoms with E-state index < -0.39 is 18.0 Å². The second kappa shape index (κ2) is 9.57. The number of rotatable bonds is 7. The van der Waals surface area contributed by atoms with Crippen molar-refractivity contribution in [2.75, 3.05) is 30.8 Å². The van der Waals surface area contributed by atoms with Gasteiger partial charge in [-0.05, 0) is 36.4 Å². The van der Waals surface area contributed by atoms with E-state index in [2.05, 4.69) is 15.4 Å². The third kappa shape index (κ3) is 7.51. The van der Waals surface area contributed by atoms with Crippen molar-refractivity contribution in [3.63, 3.8) is 0 Å². The maximum absolute atomic E-state index is 12.1. The van der Waals surface area contributed by atoms with Crippen LogP contribution in [0, 0.1) is 11.3 Å². The van der Waals surface area contributed by atoms with Crippen LogP contribution in [0.1, 0.15) is 5.56 Å². The lowest BCUT2D eigenvalue weighted by Crippen LogP contribution is -3.11. The number of ether oxygens (including phenoxy) is 1. The Bertz CT molecular complexity index is 908. The first-order valence-corrected chi connectivity index (χ1v) is 8.42. The van der Waals surface area contributed by atoms with Gasteiger partial charge in [0.15, 0.2) is 13.1 Å². The van der Waals surface area contributed by atoms with Crippen LogP contribution in [0.2, 0.25) is 0 Å². The minimum Gasteiger partial charge on any atom is -0.406 e. The number of amides is 2. The highest BCUT2D eigenvalue weighted by Gasteiger charge is 2.31. The summed E-state index contributed by atoms with van der Waals surface area (Å²) >= 11 is 0. The fourth-order valence-corrected chi connectivity index (χ4v) is 2.44. The first kappa shape index (κ1) is 21.7. The Morgan fingerprint density at radius 2 is 1.62 bits per heavy atom. The average molecular weight is 407 g/mol. The number of nitrogens with zero attached hydrogens (tertiary/aromatic N) is 1. The van der Waals surface area contributed by atoms with Crippen LogP contribution in [0.3, 0.4) is 0 Å². The molecule has 7 nitrogen and oxygen atoms in total. The largest absolute Gasteiger partial charge is 0.573 e. The van der Waals surface area contributed by atoms with E-state index in [1.165, 1.54) is 12.1 Å². The molecule has 0 bridgehead atoms. The van der Waals surface area contributed by atoms with Crippen molar-refractivity contribution in [2.24, 2.45) is 0 Å². The number of quaternary nitrogens is 1. The van der Waals surface area contributed by atoms with Gasteiger partial charge >= 0.3 is 6.36 Å². The van der Waals surface area contributed by atoms with Gasteiger partial charge in [-0.25, -0.2) is 0 Å². The minimum atomic E-state index is -4.79. The molecule has 3 N–H and O–H groups in total. The first-order chi connectivity index (χ1) is 13.7. The number of anilines is 2. The van der Waals surface area contributed by atoms with E-state index >= 15 is 0 Å². The van der Waals surface area contributed by atoms with Gasteiger partial charge in [-0.2, -0.15) is 5.26 Å². The number of halogens is 3. The number of nitriles is 1. The summed E-state index contributed by atoms with van der Waals surface area (Å²) in [5.74, 6) is -1.18. The van der Waals surface area contributed by atoms with Gasteiger partial charge < -0.3 is 20.3 Å². The Kier molecular flexibility index (Phi) is 7.16. The zero-order chi connectivity index (χ0) is 21.4. The molecule has 0 spiro atoms. The minimum absolute atomic E-state index is 0.0223. The van der Waals surface area contributed by atoms with Crippen LogP contribution in [0.15, 0.2) is 48.5 Å². The number of likely N-dealkylation sites (N-methyl/N-ethyl adjacent to an activating group) is 1. The van der Waals surface area contributed by atoms with Crippen LogP contribution in [-0.2, 0) is 9.59 Å². The maximum Gasteiger partial charge on any atom is 0.573 e. The fraction of sp³-hybridized carbons (Fsp3) is 0.211. The molecule has 10 heteroatoms. The van der Waals surface area contributed by atoms with Crippen LogP contribution in [0.4, 0.5) is 24.5 Å². The van der Waals surface area contributed by atoms with E-state index in [1.807, 2.05) is 6.07 Å². The van der Waals surface area contributed by atoms with Crippen molar-refractivity contribution in [2.45, 2.75) is 6.36 Å². The van der Waals surface area contributed by atoms with Gasteiger partial charge in [0, 0.05) is 5.69 Å². The zero-order valence-electron chi connectivity index (χ0n) is 15.3. The van der Waals surface area contributed by atoms with Gasteiger partial charge in [0.1, 0.15) is 11.8 Å². The number of carbonyl (C=O) groups excluding carboxylic acids is 2. The first-order valence-electron chi connectivity index (χ1n) is 8.42. The molecule has 0 aliphatic heterocycles. The number of hydrogen-bond donors (Lipinski definition) is 3. The van der Waals surface area contributed by atoms with Crippen molar-refractivity contribution in [1.29, 1.82) is 5.26 Å². The average Bonchev–Trinajstić information content (AvgIpc) is 2.62. The summed E-state index contributed by atoms with van der Waals surface area (Å²) in [6, 6.07) is 13.2. The Morgan fingerprint density at radius 3 is 2.21 bits per heavy atom. The molecule has 0 saturated heterocycles. The van der Waals surface area contributed by atoms with Crippen LogP contribution >= 0.6 is 0 Å². The van der Waals surface area contributed by atoms with E-state index in [9.17, 15) is 22.8 Å². The third-order valence-electron chi connectivity index (χ3n) is 3.62. The van der Waals surface area contributed by atoms with E-state index in [0.29, 0.717) is 21.8 Å². The smallest absolute Gasteiger partial charge is 0.406 e. The molecule has 1 atom stereocenters. The summed E-state index contributed by atoms with van der Waals surface area (Å²) in [6.07, 6.45) is -4.79. The standard InChI is InChI=1S/C19H17F3N4O3/c1-26(12-18(28)25-16-5-3-2-4-13(16)10-23)11-17(27)24-14-6-8-15(9-7-14)29-19(20,21)22/h2-9H,11-12H2,1H3,(H,24,27)(H,25,28)/p+1. The molecule has 2 amide bonds. The van der Waals surface area contributed by atoms with E-state index in [-0.39, 0.29) is 19.0 Å². The summed E-state index contributed by atoms with van der Waals surface area (Å²) in [5.41, 5.74) is 1.01. The van der Waals surface area contributed by atoms with Crippen LogP contribution in [0.25, 0.3) is 0 Å². The highest BCUT2D eigenvalue weighted by molar-refractivity contribution is 5.94. The molecule has 1 unspecified atom stereocenters. The molecule has 0 radical (unpaired) electrons. The highest BCUT2D eigenvalue weighted by atomic mass is 19.4. The zero-order valence-corrected chi connectivity index (χ0v) is 15.3. The second-order valence-corrected chi connectivity index (χ2v) is 6.14. The van der Waals surface area contributed by atoms with E-state index in [4.69, 9.17) is 5.26 Å². The SMILES string of the molecule is C[NH+](CC(=O)Nc1ccc(OC(F)(F)F)cc1)CC(=O)Nc1ccccc1C#N. The van der Waals surface area contributed by atoms with Gasteiger partial charge in [-0.3, -0.25) is 9.59 Å². The topological polar surface area (TPSA) is 95.7 Å². The maximum atomic E-state index is 12.1. The molecule has 152 valence electrons. The van der Waals surface area contributed by atoms with Crippen molar-refractivity contribution >= 4 is 23.2 Å². The van der Waals surface area contributed by atoms with Gasteiger partial charge in [-0.15, -0.1) is 13.2 Å². The quantitative estimate of drug-likeness (QED) is 0.649. The molecule has 0 aliphatic rings. The van der Waals surface area contributed by atoms with Gasteiger partial charge in [0.2, 0.25) is 0 Å². The number of hydrogen-bond acceptors (Lipinski definition) is 4. The summed E-state index contributed by atoms with van der Waals surface area (Å²) in [4.78, 5) is 24.7. The highest BCUT2D eigenvalue weighted by Crippen LogP contribution is 2.23. The van der Waals surface area contributed by atoms with Gasteiger partial charge in [-0.1, -0.05) is 12.1 Å². The lowest BCUT2D eigenvalue weighted by Gasteiger charge is -2.14. The monoisotopic (exact) mass is 407 g/mol. The van der Waals surface area contributed by atoms with Gasteiger partial charge in [0.05, 0.1) is 18.3 Å². The lowest BCUT2D eigenvalue weighted by molar-refractivity contribution is -0.862. The lowest BCUT2D eigenvalue weighted by atomic mass is 10.2. The molecule has 29 heavy (non-hydrogen) atoms. The predicted molar refractivity (Wildman–Crippen MR) is 98.2 cm³/mol. The molecule has 0 aromatic heterocycles.